The molecule has 0 atom stereocenters. The van der Waals surface area contributed by atoms with Gasteiger partial charge >= 0.3 is 0 Å². The topological polar surface area (TPSA) is 87.7 Å². The van der Waals surface area contributed by atoms with Crippen molar-refractivity contribution in [3.05, 3.63) is 28.5 Å². The SMILES string of the molecule is CCC(CC)(C(=O)Nc1cc(Br)ccc1F)C(N)=NO. The minimum atomic E-state index is -1.16. The number of amidine groups is 1. The molecule has 7 heteroatoms. The van der Waals surface area contributed by atoms with Crippen molar-refractivity contribution in [3.8, 4) is 0 Å². The smallest absolute Gasteiger partial charge is 0.238 e. The highest BCUT2D eigenvalue weighted by Crippen LogP contribution is 2.30. The first-order valence-electron chi connectivity index (χ1n) is 6.15. The molecule has 0 saturated carbocycles. The zero-order valence-electron chi connectivity index (χ0n) is 11.3. The number of hydrogen-bond donors (Lipinski definition) is 3. The molecule has 0 fully saturated rings. The summed E-state index contributed by atoms with van der Waals surface area (Å²) < 4.78 is 14.3. The first-order chi connectivity index (χ1) is 9.41. The van der Waals surface area contributed by atoms with Gasteiger partial charge in [0.25, 0.3) is 0 Å². The van der Waals surface area contributed by atoms with Crippen LogP contribution in [0.2, 0.25) is 0 Å². The van der Waals surface area contributed by atoms with Crippen LogP contribution < -0.4 is 11.1 Å². The molecule has 110 valence electrons. The van der Waals surface area contributed by atoms with Crippen LogP contribution in [0.4, 0.5) is 10.1 Å². The van der Waals surface area contributed by atoms with Crippen molar-refractivity contribution in [2.24, 2.45) is 16.3 Å². The Balaban J connectivity index is 3.12. The third kappa shape index (κ3) is 3.09. The molecule has 0 bridgehead atoms. The number of rotatable bonds is 5. The second-order valence-corrected chi connectivity index (χ2v) is 5.27. The van der Waals surface area contributed by atoms with E-state index in [-0.39, 0.29) is 11.5 Å². The van der Waals surface area contributed by atoms with Crippen LogP contribution >= 0.6 is 15.9 Å². The molecule has 0 radical (unpaired) electrons. The Hall–Kier alpha value is -1.63. The molecule has 0 unspecified atom stereocenters. The van der Waals surface area contributed by atoms with Crippen molar-refractivity contribution >= 4 is 33.4 Å². The van der Waals surface area contributed by atoms with Crippen LogP contribution in [0.5, 0.6) is 0 Å². The molecule has 0 spiro atoms. The predicted octanol–water partition coefficient (Wildman–Crippen LogP) is 3.08. The van der Waals surface area contributed by atoms with Gasteiger partial charge < -0.3 is 16.3 Å². The van der Waals surface area contributed by atoms with E-state index in [1.54, 1.807) is 13.8 Å². The molecular weight excluding hydrogens is 329 g/mol. The van der Waals surface area contributed by atoms with E-state index in [4.69, 9.17) is 10.9 Å². The third-order valence-electron chi connectivity index (χ3n) is 3.42. The highest BCUT2D eigenvalue weighted by molar-refractivity contribution is 9.10. The van der Waals surface area contributed by atoms with Crippen molar-refractivity contribution < 1.29 is 14.4 Å². The second kappa shape index (κ2) is 6.69. The van der Waals surface area contributed by atoms with Crippen molar-refractivity contribution in [2.45, 2.75) is 26.7 Å². The van der Waals surface area contributed by atoms with Crippen LogP contribution in [-0.2, 0) is 4.79 Å². The summed E-state index contributed by atoms with van der Waals surface area (Å²) in [5, 5.41) is 14.3. The summed E-state index contributed by atoms with van der Waals surface area (Å²) in [6.07, 6.45) is 0.668. The zero-order chi connectivity index (χ0) is 15.3. The molecule has 0 aliphatic heterocycles. The lowest BCUT2D eigenvalue weighted by atomic mass is 9.80. The highest BCUT2D eigenvalue weighted by Gasteiger charge is 2.40. The maximum atomic E-state index is 13.7. The number of amides is 1. The van der Waals surface area contributed by atoms with E-state index in [9.17, 15) is 9.18 Å². The van der Waals surface area contributed by atoms with Gasteiger partial charge in [0.15, 0.2) is 5.84 Å². The molecule has 1 rings (SSSR count). The van der Waals surface area contributed by atoms with E-state index in [0.717, 1.165) is 0 Å². The molecule has 5 nitrogen and oxygen atoms in total. The number of oxime groups is 1. The molecule has 1 aromatic rings. The summed E-state index contributed by atoms with van der Waals surface area (Å²) in [5.74, 6) is -1.24. The number of hydrogen-bond acceptors (Lipinski definition) is 3. The fraction of sp³-hybridized carbons (Fsp3) is 0.385. The van der Waals surface area contributed by atoms with Crippen LogP contribution in [0, 0.1) is 11.2 Å². The molecule has 0 saturated heterocycles. The number of nitrogens with one attached hydrogen (secondary N) is 1. The summed E-state index contributed by atoms with van der Waals surface area (Å²) in [6, 6.07) is 4.22. The Morgan fingerprint density at radius 1 is 1.50 bits per heavy atom. The van der Waals surface area contributed by atoms with Gasteiger partial charge in [-0.25, -0.2) is 4.39 Å². The van der Waals surface area contributed by atoms with E-state index in [1.165, 1.54) is 18.2 Å². The summed E-state index contributed by atoms with van der Waals surface area (Å²) in [5.41, 5.74) is 4.51. The van der Waals surface area contributed by atoms with E-state index in [0.29, 0.717) is 17.3 Å². The van der Waals surface area contributed by atoms with E-state index in [1.807, 2.05) is 0 Å². The number of nitrogens with zero attached hydrogens (tertiary/aromatic N) is 1. The first-order valence-corrected chi connectivity index (χ1v) is 6.95. The van der Waals surface area contributed by atoms with Crippen molar-refractivity contribution in [1.29, 1.82) is 0 Å². The molecule has 0 aliphatic rings. The lowest BCUT2D eigenvalue weighted by Crippen LogP contribution is -2.46. The molecule has 1 amide bonds. The number of anilines is 1. The monoisotopic (exact) mass is 345 g/mol. The van der Waals surface area contributed by atoms with Crippen LogP contribution in [0.3, 0.4) is 0 Å². The van der Waals surface area contributed by atoms with E-state index in [2.05, 4.69) is 26.4 Å². The second-order valence-electron chi connectivity index (χ2n) is 4.35. The van der Waals surface area contributed by atoms with Gasteiger partial charge in [-0.3, -0.25) is 4.79 Å². The molecule has 20 heavy (non-hydrogen) atoms. The minimum absolute atomic E-state index is 0.0430. The quantitative estimate of drug-likeness (QED) is 0.331. The molecular formula is C13H17BrFN3O2. The maximum absolute atomic E-state index is 13.7. The van der Waals surface area contributed by atoms with Crippen molar-refractivity contribution in [2.75, 3.05) is 5.32 Å². The number of halogens is 2. The summed E-state index contributed by atoms with van der Waals surface area (Å²) in [4.78, 5) is 12.4. The predicted molar refractivity (Wildman–Crippen MR) is 79.2 cm³/mol. The molecule has 0 heterocycles. The van der Waals surface area contributed by atoms with E-state index >= 15 is 0 Å². The van der Waals surface area contributed by atoms with Gasteiger partial charge in [0.2, 0.25) is 5.91 Å². The number of carbonyl (C=O) groups is 1. The van der Waals surface area contributed by atoms with Gasteiger partial charge in [0.05, 0.1) is 5.69 Å². The average molecular weight is 346 g/mol. The highest BCUT2D eigenvalue weighted by atomic mass is 79.9. The molecule has 0 aromatic heterocycles. The van der Waals surface area contributed by atoms with Crippen LogP contribution in [-0.4, -0.2) is 17.0 Å². The number of carbonyl (C=O) groups excluding carboxylic acids is 1. The van der Waals surface area contributed by atoms with Gasteiger partial charge in [-0.1, -0.05) is 34.9 Å². The minimum Gasteiger partial charge on any atom is -0.409 e. The Bertz CT molecular complexity index is 530. The average Bonchev–Trinajstić information content (AvgIpc) is 2.44. The lowest BCUT2D eigenvalue weighted by Gasteiger charge is -2.28. The first kappa shape index (κ1) is 16.4. The Morgan fingerprint density at radius 3 is 2.60 bits per heavy atom. The van der Waals surface area contributed by atoms with Crippen LogP contribution in [0.25, 0.3) is 0 Å². The van der Waals surface area contributed by atoms with Gasteiger partial charge in [0, 0.05) is 4.47 Å². The van der Waals surface area contributed by atoms with E-state index < -0.39 is 17.1 Å². The summed E-state index contributed by atoms with van der Waals surface area (Å²) in [6.45, 7) is 3.50. The molecule has 4 N–H and O–H groups in total. The van der Waals surface area contributed by atoms with Gasteiger partial charge in [-0.05, 0) is 31.0 Å². The van der Waals surface area contributed by atoms with Gasteiger partial charge in [-0.2, -0.15) is 0 Å². The van der Waals surface area contributed by atoms with Gasteiger partial charge in [0.1, 0.15) is 11.2 Å². The third-order valence-corrected chi connectivity index (χ3v) is 3.91. The number of benzene rings is 1. The van der Waals surface area contributed by atoms with Crippen molar-refractivity contribution in [1.82, 2.24) is 0 Å². The fourth-order valence-corrected chi connectivity index (χ4v) is 2.34. The summed E-state index contributed by atoms with van der Waals surface area (Å²) >= 11 is 3.21. The maximum Gasteiger partial charge on any atom is 0.238 e. The Labute approximate surface area is 125 Å². The Kier molecular flexibility index (Phi) is 5.50. The standard InChI is InChI=1S/C13H17BrFN3O2/c1-3-13(4-2,11(16)18-20)12(19)17-10-7-8(14)5-6-9(10)15/h5-7,20H,3-4H2,1-2H3,(H2,16,18)(H,17,19). The zero-order valence-corrected chi connectivity index (χ0v) is 12.9. The van der Waals surface area contributed by atoms with Crippen LogP contribution in [0.1, 0.15) is 26.7 Å². The molecule has 1 aromatic carbocycles. The van der Waals surface area contributed by atoms with Crippen molar-refractivity contribution in [3.63, 3.8) is 0 Å². The van der Waals surface area contributed by atoms with Gasteiger partial charge in [-0.15, -0.1) is 0 Å². The normalized spacial score (nSPS) is 12.3. The largest absolute Gasteiger partial charge is 0.409 e. The van der Waals surface area contributed by atoms with Crippen LogP contribution in [0.15, 0.2) is 27.8 Å². The summed E-state index contributed by atoms with van der Waals surface area (Å²) in [7, 11) is 0. The lowest BCUT2D eigenvalue weighted by molar-refractivity contribution is -0.122. The fourth-order valence-electron chi connectivity index (χ4n) is 1.98. The Morgan fingerprint density at radius 2 is 2.10 bits per heavy atom. The number of nitrogens with two attached hydrogens (primary N) is 1. The molecule has 0 aliphatic carbocycles.